The van der Waals surface area contributed by atoms with Crippen LogP contribution >= 0.6 is 11.6 Å². The van der Waals surface area contributed by atoms with E-state index >= 15 is 0 Å². The van der Waals surface area contributed by atoms with Crippen molar-refractivity contribution in [2.24, 2.45) is 0 Å². The van der Waals surface area contributed by atoms with E-state index in [1.54, 1.807) is 12.1 Å². The fourth-order valence-electron chi connectivity index (χ4n) is 0.879. The van der Waals surface area contributed by atoms with Crippen LogP contribution in [0.25, 0.3) is 0 Å². The molecule has 0 aliphatic heterocycles. The zero-order chi connectivity index (χ0) is 9.14. The highest BCUT2D eigenvalue weighted by Gasteiger charge is 2.04. The van der Waals surface area contributed by atoms with Crippen LogP contribution in [-0.2, 0) is 0 Å². The van der Waals surface area contributed by atoms with Gasteiger partial charge in [-0.1, -0.05) is 12.1 Å². The van der Waals surface area contributed by atoms with Gasteiger partial charge in [0, 0.05) is 5.56 Å². The molecule has 0 aliphatic carbocycles. The molecule has 1 nitrogen and oxygen atoms in total. The minimum absolute atomic E-state index is 0.390. The quantitative estimate of drug-likeness (QED) is 0.649. The molecule has 0 radical (unpaired) electrons. The molecule has 0 aromatic heterocycles. The zero-order valence-corrected chi connectivity index (χ0v) is 7.31. The molecule has 3 heteroatoms. The molecule has 1 atom stereocenters. The molecule has 0 amide bonds. The van der Waals surface area contributed by atoms with E-state index in [1.807, 2.05) is 0 Å². The fraction of sp³-hybridized carbons (Fsp3) is 0.222. The maximum absolute atomic E-state index is 12.6. The van der Waals surface area contributed by atoms with Gasteiger partial charge in [0.25, 0.3) is 5.24 Å². The van der Waals surface area contributed by atoms with Crippen LogP contribution in [-0.4, -0.2) is 5.24 Å². The number of rotatable bonds is 2. The fourth-order valence-corrected chi connectivity index (χ4v) is 1.01. The van der Waals surface area contributed by atoms with Crippen LogP contribution in [0.4, 0.5) is 4.39 Å². The largest absolute Gasteiger partial charge is 0.276 e. The number of hydrogen-bond acceptors (Lipinski definition) is 1. The monoisotopic (exact) mass is 186 g/mol. The third-order valence-corrected chi connectivity index (χ3v) is 1.82. The molecule has 1 unspecified atom stereocenters. The van der Waals surface area contributed by atoms with Crippen LogP contribution in [0.3, 0.4) is 0 Å². The summed E-state index contributed by atoms with van der Waals surface area (Å²) in [5, 5.41) is -0.520. The Hall–Kier alpha value is -0.890. The van der Waals surface area contributed by atoms with Gasteiger partial charge in [-0.3, -0.25) is 4.79 Å². The highest BCUT2D eigenvalue weighted by Crippen LogP contribution is 2.17. The number of benzene rings is 1. The number of alkyl halides is 1. The van der Waals surface area contributed by atoms with Crippen molar-refractivity contribution in [3.05, 3.63) is 35.4 Å². The predicted molar refractivity (Wildman–Crippen MR) is 46.1 cm³/mol. The Balaban J connectivity index is 2.93. The summed E-state index contributed by atoms with van der Waals surface area (Å²) < 4.78 is 12.6. The lowest BCUT2D eigenvalue weighted by atomic mass is 10.1. The summed E-state index contributed by atoms with van der Waals surface area (Å²) in [6.07, 6.45) is -1.01. The van der Waals surface area contributed by atoms with E-state index in [4.69, 9.17) is 11.6 Å². The SMILES string of the molecule is CC(F)c1ccc(C(=O)Cl)cc1. The molecule has 1 aromatic rings. The van der Waals surface area contributed by atoms with Gasteiger partial charge >= 0.3 is 0 Å². The van der Waals surface area contributed by atoms with Crippen molar-refractivity contribution in [2.75, 3.05) is 0 Å². The molecule has 1 aromatic carbocycles. The number of hydrogen-bond donors (Lipinski definition) is 0. The summed E-state index contributed by atoms with van der Waals surface area (Å²) in [6.45, 7) is 1.44. The van der Waals surface area contributed by atoms with Crippen LogP contribution in [0.15, 0.2) is 24.3 Å². The Morgan fingerprint density at radius 3 is 2.25 bits per heavy atom. The second kappa shape index (κ2) is 3.68. The van der Waals surface area contributed by atoms with Crippen molar-refractivity contribution >= 4 is 16.8 Å². The van der Waals surface area contributed by atoms with Crippen LogP contribution in [0.2, 0.25) is 0 Å². The Morgan fingerprint density at radius 2 is 1.92 bits per heavy atom. The van der Waals surface area contributed by atoms with Gasteiger partial charge in [-0.15, -0.1) is 0 Å². The first-order chi connectivity index (χ1) is 5.61. The van der Waals surface area contributed by atoms with Gasteiger partial charge in [-0.2, -0.15) is 0 Å². The van der Waals surface area contributed by atoms with Crippen molar-refractivity contribution in [2.45, 2.75) is 13.1 Å². The molecule has 1 rings (SSSR count). The van der Waals surface area contributed by atoms with Gasteiger partial charge in [0.2, 0.25) is 0 Å². The zero-order valence-electron chi connectivity index (χ0n) is 6.55. The first kappa shape index (κ1) is 9.20. The van der Waals surface area contributed by atoms with E-state index in [1.165, 1.54) is 19.1 Å². The van der Waals surface area contributed by atoms with E-state index in [2.05, 4.69) is 0 Å². The van der Waals surface area contributed by atoms with Gasteiger partial charge in [0.1, 0.15) is 6.17 Å². The maximum Gasteiger partial charge on any atom is 0.252 e. The van der Waals surface area contributed by atoms with E-state index in [9.17, 15) is 9.18 Å². The first-order valence-electron chi connectivity index (χ1n) is 3.55. The highest BCUT2D eigenvalue weighted by atomic mass is 35.5. The molecule has 0 saturated heterocycles. The van der Waals surface area contributed by atoms with Gasteiger partial charge in [0.05, 0.1) is 0 Å². The molecule has 0 aliphatic rings. The van der Waals surface area contributed by atoms with Crippen LogP contribution < -0.4 is 0 Å². The second-order valence-corrected chi connectivity index (χ2v) is 2.86. The van der Waals surface area contributed by atoms with Crippen molar-refractivity contribution in [3.8, 4) is 0 Å². The van der Waals surface area contributed by atoms with E-state index in [0.29, 0.717) is 11.1 Å². The Morgan fingerprint density at radius 1 is 1.42 bits per heavy atom. The predicted octanol–water partition coefficient (Wildman–Crippen LogP) is 3.10. The Labute approximate surface area is 75.2 Å². The molecule has 0 heterocycles. The topological polar surface area (TPSA) is 17.1 Å². The Bertz CT molecular complexity index is 279. The smallest absolute Gasteiger partial charge is 0.252 e. The second-order valence-electron chi connectivity index (χ2n) is 2.51. The lowest BCUT2D eigenvalue weighted by Crippen LogP contribution is -1.90. The lowest BCUT2D eigenvalue weighted by molar-refractivity contribution is 0.108. The third-order valence-electron chi connectivity index (χ3n) is 1.60. The number of carbonyl (C=O) groups is 1. The molecular weight excluding hydrogens is 179 g/mol. The summed E-state index contributed by atoms with van der Waals surface area (Å²) in [7, 11) is 0. The minimum Gasteiger partial charge on any atom is -0.276 e. The highest BCUT2D eigenvalue weighted by molar-refractivity contribution is 6.67. The maximum atomic E-state index is 12.6. The van der Waals surface area contributed by atoms with Crippen LogP contribution in [0.1, 0.15) is 29.0 Å². The van der Waals surface area contributed by atoms with Crippen molar-refractivity contribution in [3.63, 3.8) is 0 Å². The first-order valence-corrected chi connectivity index (χ1v) is 3.93. The van der Waals surface area contributed by atoms with Gasteiger partial charge in [-0.05, 0) is 36.2 Å². The van der Waals surface area contributed by atoms with Crippen LogP contribution in [0, 0.1) is 0 Å². The van der Waals surface area contributed by atoms with Crippen molar-refractivity contribution in [1.29, 1.82) is 0 Å². The Kier molecular flexibility index (Phi) is 2.82. The summed E-state index contributed by atoms with van der Waals surface area (Å²) in [6, 6.07) is 6.14. The average Bonchev–Trinajstić information content (AvgIpc) is 2.04. The average molecular weight is 187 g/mol. The van der Waals surface area contributed by atoms with Gasteiger partial charge in [0.15, 0.2) is 0 Å². The third kappa shape index (κ3) is 2.05. The molecular formula is C9H8ClFO. The molecule has 64 valence electrons. The summed E-state index contributed by atoms with van der Waals surface area (Å²) in [5.74, 6) is 0. The summed E-state index contributed by atoms with van der Waals surface area (Å²) >= 11 is 5.20. The van der Waals surface area contributed by atoms with E-state index in [0.717, 1.165) is 0 Å². The van der Waals surface area contributed by atoms with Gasteiger partial charge in [-0.25, -0.2) is 4.39 Å². The summed E-state index contributed by atoms with van der Waals surface area (Å²) in [4.78, 5) is 10.6. The van der Waals surface area contributed by atoms with Crippen molar-refractivity contribution in [1.82, 2.24) is 0 Å². The van der Waals surface area contributed by atoms with E-state index < -0.39 is 11.4 Å². The molecule has 0 spiro atoms. The minimum atomic E-state index is -1.01. The summed E-state index contributed by atoms with van der Waals surface area (Å²) in [5.41, 5.74) is 0.942. The van der Waals surface area contributed by atoms with Crippen LogP contribution in [0.5, 0.6) is 0 Å². The molecule has 0 N–H and O–H groups in total. The van der Waals surface area contributed by atoms with Gasteiger partial charge < -0.3 is 0 Å². The number of carbonyl (C=O) groups excluding carboxylic acids is 1. The molecule has 0 saturated carbocycles. The molecule has 0 fully saturated rings. The lowest BCUT2D eigenvalue weighted by Gasteiger charge is -2.01. The molecule has 12 heavy (non-hydrogen) atoms. The van der Waals surface area contributed by atoms with Crippen molar-refractivity contribution < 1.29 is 9.18 Å². The number of halogens is 2. The molecule has 0 bridgehead atoms. The standard InChI is InChI=1S/C9H8ClFO/c1-6(11)7-2-4-8(5-3-7)9(10)12/h2-6H,1H3. The normalized spacial score (nSPS) is 12.6. The van der Waals surface area contributed by atoms with E-state index in [-0.39, 0.29) is 0 Å².